The molecule has 1 saturated heterocycles. The van der Waals surface area contributed by atoms with Crippen molar-refractivity contribution in [3.8, 4) is 0 Å². The summed E-state index contributed by atoms with van der Waals surface area (Å²) >= 11 is 0. The number of likely N-dealkylation sites (N-methyl/N-ethyl adjacent to an activating group) is 1. The van der Waals surface area contributed by atoms with Gasteiger partial charge in [0.15, 0.2) is 5.78 Å². The molecule has 0 radical (unpaired) electrons. The number of alkyl halides is 2. The normalized spacial score (nSPS) is 21.2. The number of likely N-dealkylation sites (tertiary alicyclic amines) is 1. The van der Waals surface area contributed by atoms with Crippen molar-refractivity contribution in [3.63, 3.8) is 0 Å². The Bertz CT molecular complexity index is 442. The monoisotopic (exact) mass is 253 g/mol. The van der Waals surface area contributed by atoms with Crippen LogP contribution in [0.4, 0.5) is 8.78 Å². The molecule has 1 aromatic rings. The number of rotatable bonds is 3. The molecule has 0 spiro atoms. The zero-order valence-electron chi connectivity index (χ0n) is 10.6. The summed E-state index contributed by atoms with van der Waals surface area (Å²) < 4.78 is 28.6. The summed E-state index contributed by atoms with van der Waals surface area (Å²) in [7, 11) is 1.73. The van der Waals surface area contributed by atoms with Gasteiger partial charge in [-0.2, -0.15) is 8.78 Å². The van der Waals surface area contributed by atoms with E-state index in [9.17, 15) is 13.6 Å². The van der Waals surface area contributed by atoms with Crippen LogP contribution in [-0.2, 0) is 5.92 Å². The third-order valence-electron chi connectivity index (χ3n) is 3.62. The predicted octanol–water partition coefficient (Wildman–Crippen LogP) is 3.08. The summed E-state index contributed by atoms with van der Waals surface area (Å²) in [6.07, 6.45) is 1.32. The maximum atomic E-state index is 14.3. The molecule has 1 unspecified atom stereocenters. The van der Waals surface area contributed by atoms with Gasteiger partial charge in [-0.1, -0.05) is 24.3 Å². The van der Waals surface area contributed by atoms with Gasteiger partial charge in [-0.25, -0.2) is 0 Å². The third-order valence-corrected chi connectivity index (χ3v) is 3.62. The fraction of sp³-hybridized carbons (Fsp3) is 0.500. The van der Waals surface area contributed by atoms with Crippen LogP contribution in [0.1, 0.15) is 35.7 Å². The SMILES string of the molecule is CC(=O)c1ccc(C(F)(F)C2CCCN2C)cc1. The molecule has 0 saturated carbocycles. The lowest BCUT2D eigenvalue weighted by Crippen LogP contribution is -2.39. The Balaban J connectivity index is 2.26. The first-order valence-electron chi connectivity index (χ1n) is 6.12. The van der Waals surface area contributed by atoms with Crippen LogP contribution in [-0.4, -0.2) is 30.3 Å². The molecule has 98 valence electrons. The first-order valence-corrected chi connectivity index (χ1v) is 6.12. The van der Waals surface area contributed by atoms with Crippen molar-refractivity contribution in [2.75, 3.05) is 13.6 Å². The number of carbonyl (C=O) groups is 1. The summed E-state index contributed by atoms with van der Waals surface area (Å²) in [6.45, 7) is 2.14. The van der Waals surface area contributed by atoms with Crippen LogP contribution < -0.4 is 0 Å². The van der Waals surface area contributed by atoms with Gasteiger partial charge >= 0.3 is 0 Å². The molecule has 0 N–H and O–H groups in total. The highest BCUT2D eigenvalue weighted by Crippen LogP contribution is 2.38. The van der Waals surface area contributed by atoms with E-state index in [4.69, 9.17) is 0 Å². The van der Waals surface area contributed by atoms with Crippen LogP contribution in [0.3, 0.4) is 0 Å². The number of ketones is 1. The van der Waals surface area contributed by atoms with Crippen molar-refractivity contribution in [3.05, 3.63) is 35.4 Å². The molecular weight excluding hydrogens is 236 g/mol. The molecule has 1 atom stereocenters. The number of Topliss-reactive ketones (excluding diaryl/α,β-unsaturated/α-hetero) is 1. The average Bonchev–Trinajstić information content (AvgIpc) is 2.76. The molecule has 0 amide bonds. The molecule has 2 nitrogen and oxygen atoms in total. The highest BCUT2D eigenvalue weighted by molar-refractivity contribution is 5.94. The van der Waals surface area contributed by atoms with Crippen molar-refractivity contribution >= 4 is 5.78 Å². The van der Waals surface area contributed by atoms with E-state index in [-0.39, 0.29) is 11.3 Å². The van der Waals surface area contributed by atoms with Gasteiger partial charge < -0.3 is 0 Å². The van der Waals surface area contributed by atoms with Gasteiger partial charge in [0.1, 0.15) is 0 Å². The fourth-order valence-electron chi connectivity index (χ4n) is 2.49. The van der Waals surface area contributed by atoms with Gasteiger partial charge in [0, 0.05) is 11.1 Å². The van der Waals surface area contributed by atoms with E-state index in [1.54, 1.807) is 11.9 Å². The fourth-order valence-corrected chi connectivity index (χ4v) is 2.49. The van der Waals surface area contributed by atoms with Crippen LogP contribution in [0, 0.1) is 0 Å². The Morgan fingerprint density at radius 3 is 2.39 bits per heavy atom. The summed E-state index contributed by atoms with van der Waals surface area (Å²) in [6, 6.07) is 4.94. The summed E-state index contributed by atoms with van der Waals surface area (Å²) in [4.78, 5) is 12.8. The quantitative estimate of drug-likeness (QED) is 0.772. The van der Waals surface area contributed by atoms with Gasteiger partial charge in [0.2, 0.25) is 0 Å². The average molecular weight is 253 g/mol. The lowest BCUT2D eigenvalue weighted by molar-refractivity contribution is -0.0696. The maximum Gasteiger partial charge on any atom is 0.288 e. The molecule has 0 aromatic heterocycles. The van der Waals surface area contributed by atoms with E-state index in [1.165, 1.54) is 31.2 Å². The van der Waals surface area contributed by atoms with E-state index in [0.29, 0.717) is 18.5 Å². The van der Waals surface area contributed by atoms with Crippen molar-refractivity contribution in [2.24, 2.45) is 0 Å². The van der Waals surface area contributed by atoms with Crippen molar-refractivity contribution in [2.45, 2.75) is 31.7 Å². The van der Waals surface area contributed by atoms with Crippen molar-refractivity contribution in [1.82, 2.24) is 4.90 Å². The maximum absolute atomic E-state index is 14.3. The summed E-state index contributed by atoms with van der Waals surface area (Å²) in [5, 5.41) is 0. The molecule has 1 aromatic carbocycles. The Kier molecular flexibility index (Phi) is 3.48. The molecule has 0 bridgehead atoms. The van der Waals surface area contributed by atoms with Gasteiger partial charge in [-0.3, -0.25) is 9.69 Å². The Hall–Kier alpha value is -1.29. The van der Waals surface area contributed by atoms with E-state index in [2.05, 4.69) is 0 Å². The molecule has 18 heavy (non-hydrogen) atoms. The predicted molar refractivity (Wildman–Crippen MR) is 66.0 cm³/mol. The van der Waals surface area contributed by atoms with Crippen LogP contribution in [0.5, 0.6) is 0 Å². The highest BCUT2D eigenvalue weighted by Gasteiger charge is 2.45. The van der Waals surface area contributed by atoms with Gasteiger partial charge in [0.05, 0.1) is 6.04 Å². The molecule has 4 heteroatoms. The minimum atomic E-state index is -2.86. The molecule has 1 aliphatic rings. The topological polar surface area (TPSA) is 20.3 Å². The third kappa shape index (κ3) is 2.29. The Labute approximate surface area is 106 Å². The standard InChI is InChI=1S/C14H17F2NO/c1-10(18)11-5-7-12(8-6-11)14(15,16)13-4-3-9-17(13)2/h5-8,13H,3-4,9H2,1-2H3. The second-order valence-electron chi connectivity index (χ2n) is 4.90. The van der Waals surface area contributed by atoms with Gasteiger partial charge in [0.25, 0.3) is 5.92 Å². The minimum Gasteiger partial charge on any atom is -0.298 e. The largest absolute Gasteiger partial charge is 0.298 e. The molecule has 2 rings (SSSR count). The van der Waals surface area contributed by atoms with Crippen LogP contribution in [0.2, 0.25) is 0 Å². The first kappa shape index (κ1) is 13.1. The number of halogens is 2. The number of hydrogen-bond donors (Lipinski definition) is 0. The second kappa shape index (κ2) is 4.76. The summed E-state index contributed by atoms with van der Waals surface area (Å²) in [5.41, 5.74) is 0.459. The highest BCUT2D eigenvalue weighted by atomic mass is 19.3. The van der Waals surface area contributed by atoms with Crippen molar-refractivity contribution in [1.29, 1.82) is 0 Å². The minimum absolute atomic E-state index is 0.00810. The summed E-state index contributed by atoms with van der Waals surface area (Å²) in [5.74, 6) is -2.97. The molecule has 1 aliphatic heterocycles. The molecule has 0 aliphatic carbocycles. The van der Waals surface area contributed by atoms with Crippen LogP contribution in [0.25, 0.3) is 0 Å². The van der Waals surface area contributed by atoms with Crippen molar-refractivity contribution < 1.29 is 13.6 Å². The van der Waals surface area contributed by atoms with Crippen LogP contribution >= 0.6 is 0 Å². The lowest BCUT2D eigenvalue weighted by atomic mass is 9.97. The van der Waals surface area contributed by atoms with E-state index >= 15 is 0 Å². The zero-order chi connectivity index (χ0) is 13.3. The number of benzene rings is 1. The smallest absolute Gasteiger partial charge is 0.288 e. The Morgan fingerprint density at radius 2 is 1.94 bits per heavy atom. The first-order chi connectivity index (χ1) is 8.43. The lowest BCUT2D eigenvalue weighted by Gasteiger charge is -2.29. The number of nitrogens with zero attached hydrogens (tertiary/aromatic N) is 1. The Morgan fingerprint density at radius 1 is 1.33 bits per heavy atom. The second-order valence-corrected chi connectivity index (χ2v) is 4.90. The van der Waals surface area contributed by atoms with Gasteiger partial charge in [-0.15, -0.1) is 0 Å². The molecule has 1 fully saturated rings. The number of carbonyl (C=O) groups excluding carboxylic acids is 1. The van der Waals surface area contributed by atoms with Crippen LogP contribution in [0.15, 0.2) is 24.3 Å². The van der Waals surface area contributed by atoms with Gasteiger partial charge in [-0.05, 0) is 33.4 Å². The molecule has 1 heterocycles. The van der Waals surface area contributed by atoms with E-state index in [0.717, 1.165) is 6.42 Å². The van der Waals surface area contributed by atoms with E-state index in [1.807, 2.05) is 0 Å². The zero-order valence-corrected chi connectivity index (χ0v) is 10.6. The number of hydrogen-bond acceptors (Lipinski definition) is 2. The van der Waals surface area contributed by atoms with E-state index < -0.39 is 12.0 Å². The molecular formula is C14H17F2NO.